The van der Waals surface area contributed by atoms with Gasteiger partial charge in [-0.3, -0.25) is 0 Å². The zero-order chi connectivity index (χ0) is 14.3. The Morgan fingerprint density at radius 1 is 1.37 bits per heavy atom. The van der Waals surface area contributed by atoms with E-state index in [0.29, 0.717) is 12.8 Å². The number of hydrogen-bond acceptors (Lipinski definition) is 4. The Morgan fingerprint density at radius 2 is 2.00 bits per heavy atom. The molecule has 0 bridgehead atoms. The van der Waals surface area contributed by atoms with Gasteiger partial charge in [0.15, 0.2) is 0 Å². The number of carbonyl (C=O) groups is 1. The molecule has 1 aromatic carbocycles. The van der Waals surface area contributed by atoms with Crippen LogP contribution in [0.1, 0.15) is 18.9 Å². The molecule has 0 aliphatic rings. The van der Waals surface area contributed by atoms with E-state index in [1.165, 1.54) is 0 Å². The molecule has 1 unspecified atom stereocenters. The van der Waals surface area contributed by atoms with Crippen molar-refractivity contribution in [2.45, 2.75) is 25.9 Å². The van der Waals surface area contributed by atoms with E-state index in [1.54, 1.807) is 14.0 Å². The van der Waals surface area contributed by atoms with Crippen LogP contribution in [-0.4, -0.2) is 30.9 Å². The quantitative estimate of drug-likeness (QED) is 0.605. The molecule has 0 radical (unpaired) electrons. The second kappa shape index (κ2) is 7.59. The van der Waals surface area contributed by atoms with E-state index in [1.807, 2.05) is 24.3 Å². The molecule has 4 heteroatoms. The molecule has 0 spiro atoms. The second-order valence-electron chi connectivity index (χ2n) is 4.15. The van der Waals surface area contributed by atoms with Crippen LogP contribution in [0.25, 0.3) is 0 Å². The molecule has 0 amide bonds. The molecule has 0 saturated carbocycles. The van der Waals surface area contributed by atoms with Gasteiger partial charge >= 0.3 is 5.97 Å². The van der Waals surface area contributed by atoms with Crippen molar-refractivity contribution >= 4 is 5.97 Å². The average Bonchev–Trinajstić information content (AvgIpc) is 2.44. The van der Waals surface area contributed by atoms with Gasteiger partial charge in [-0.2, -0.15) is 0 Å². The smallest absolute Gasteiger partial charge is 0.336 e. The summed E-state index contributed by atoms with van der Waals surface area (Å²) in [5, 5.41) is 9.85. The molecule has 1 N–H and O–H groups in total. The first-order valence-corrected chi connectivity index (χ1v) is 6.25. The van der Waals surface area contributed by atoms with Crippen molar-refractivity contribution in [3.05, 3.63) is 42.0 Å². The van der Waals surface area contributed by atoms with Crippen LogP contribution in [0, 0.1) is 0 Å². The summed E-state index contributed by atoms with van der Waals surface area (Å²) in [7, 11) is 1.61. The Morgan fingerprint density at radius 3 is 2.53 bits per heavy atom. The van der Waals surface area contributed by atoms with Crippen LogP contribution in [0.3, 0.4) is 0 Å². The Labute approximate surface area is 113 Å². The fourth-order valence-electron chi connectivity index (χ4n) is 1.63. The van der Waals surface area contributed by atoms with Crippen molar-refractivity contribution in [3.63, 3.8) is 0 Å². The number of aliphatic hydroxyl groups is 1. The minimum atomic E-state index is -0.874. The summed E-state index contributed by atoms with van der Waals surface area (Å²) in [5.41, 5.74) is 1.17. The second-order valence-corrected chi connectivity index (χ2v) is 4.15. The fraction of sp³-hybridized carbons (Fsp3) is 0.400. The molecule has 1 rings (SSSR count). The van der Waals surface area contributed by atoms with Crippen LogP contribution in [0.15, 0.2) is 36.4 Å². The van der Waals surface area contributed by atoms with Crippen molar-refractivity contribution in [2.75, 3.05) is 13.7 Å². The standard InChI is InChI=1S/C15H20O4/c1-4-19-15(17)11(2)14(16)10-7-12-5-8-13(18-3)9-6-12/h5-6,8-9,14,16H,2,4,7,10H2,1,3H3. The maximum atomic E-state index is 11.4. The first-order chi connectivity index (χ1) is 9.08. The van der Waals surface area contributed by atoms with Gasteiger partial charge in [-0.15, -0.1) is 0 Å². The number of esters is 1. The van der Waals surface area contributed by atoms with Gasteiger partial charge in [0.05, 0.1) is 25.4 Å². The Hall–Kier alpha value is -1.81. The lowest BCUT2D eigenvalue weighted by molar-refractivity contribution is -0.139. The third kappa shape index (κ3) is 4.75. The van der Waals surface area contributed by atoms with Crippen molar-refractivity contribution in [3.8, 4) is 5.75 Å². The molecule has 1 aromatic rings. The van der Waals surface area contributed by atoms with Crippen LogP contribution in [0.2, 0.25) is 0 Å². The van der Waals surface area contributed by atoms with E-state index < -0.39 is 12.1 Å². The molecule has 4 nitrogen and oxygen atoms in total. The minimum Gasteiger partial charge on any atom is -0.497 e. The van der Waals surface area contributed by atoms with Crippen molar-refractivity contribution in [1.29, 1.82) is 0 Å². The van der Waals surface area contributed by atoms with Gasteiger partial charge in [0.2, 0.25) is 0 Å². The summed E-state index contributed by atoms with van der Waals surface area (Å²) in [4.78, 5) is 11.4. The van der Waals surface area contributed by atoms with E-state index in [9.17, 15) is 9.90 Å². The lowest BCUT2D eigenvalue weighted by atomic mass is 10.0. The summed E-state index contributed by atoms with van der Waals surface area (Å²) in [6.45, 7) is 5.57. The summed E-state index contributed by atoms with van der Waals surface area (Å²) in [6.07, 6.45) is 0.217. The van der Waals surface area contributed by atoms with Gasteiger partial charge in [-0.05, 0) is 37.5 Å². The molecule has 0 heterocycles. The van der Waals surface area contributed by atoms with Gasteiger partial charge in [-0.25, -0.2) is 4.79 Å². The zero-order valence-corrected chi connectivity index (χ0v) is 11.4. The lowest BCUT2D eigenvalue weighted by Crippen LogP contribution is -2.20. The van der Waals surface area contributed by atoms with Crippen LogP contribution in [0.4, 0.5) is 0 Å². The number of ether oxygens (including phenoxy) is 2. The third-order valence-corrected chi connectivity index (χ3v) is 2.81. The van der Waals surface area contributed by atoms with Gasteiger partial charge in [0.25, 0.3) is 0 Å². The SMILES string of the molecule is C=C(C(=O)OCC)C(O)CCc1ccc(OC)cc1. The van der Waals surface area contributed by atoms with E-state index >= 15 is 0 Å². The minimum absolute atomic E-state index is 0.107. The number of carbonyl (C=O) groups excluding carboxylic acids is 1. The molecule has 0 fully saturated rings. The van der Waals surface area contributed by atoms with Crippen LogP contribution in [0.5, 0.6) is 5.75 Å². The molecule has 0 aliphatic heterocycles. The molecule has 104 valence electrons. The average molecular weight is 264 g/mol. The van der Waals surface area contributed by atoms with Crippen LogP contribution in [-0.2, 0) is 16.0 Å². The first-order valence-electron chi connectivity index (χ1n) is 6.25. The highest BCUT2D eigenvalue weighted by Crippen LogP contribution is 2.15. The van der Waals surface area contributed by atoms with E-state index in [0.717, 1.165) is 11.3 Å². The van der Waals surface area contributed by atoms with Crippen molar-refractivity contribution < 1.29 is 19.4 Å². The molecule has 0 saturated heterocycles. The van der Waals surface area contributed by atoms with Gasteiger partial charge in [0, 0.05) is 0 Å². The number of methoxy groups -OCH3 is 1. The van der Waals surface area contributed by atoms with Gasteiger partial charge < -0.3 is 14.6 Å². The normalized spacial score (nSPS) is 11.7. The maximum Gasteiger partial charge on any atom is 0.336 e. The number of hydrogen-bond donors (Lipinski definition) is 1. The molecule has 1 atom stereocenters. The molecule has 0 aliphatic carbocycles. The summed E-state index contributed by atoms with van der Waals surface area (Å²) in [5.74, 6) is 0.255. The van der Waals surface area contributed by atoms with Gasteiger partial charge in [-0.1, -0.05) is 18.7 Å². The summed E-state index contributed by atoms with van der Waals surface area (Å²) < 4.78 is 9.86. The van der Waals surface area contributed by atoms with E-state index in [-0.39, 0.29) is 12.2 Å². The topological polar surface area (TPSA) is 55.8 Å². The maximum absolute atomic E-state index is 11.4. The van der Waals surface area contributed by atoms with Crippen LogP contribution < -0.4 is 4.74 Å². The summed E-state index contributed by atoms with van der Waals surface area (Å²) in [6, 6.07) is 7.58. The monoisotopic (exact) mass is 264 g/mol. The number of rotatable bonds is 7. The first kappa shape index (κ1) is 15.2. The Bertz CT molecular complexity index is 422. The molecular weight excluding hydrogens is 244 g/mol. The highest BCUT2D eigenvalue weighted by Gasteiger charge is 2.17. The van der Waals surface area contributed by atoms with Crippen molar-refractivity contribution in [1.82, 2.24) is 0 Å². The number of aliphatic hydroxyl groups excluding tert-OH is 1. The number of benzene rings is 1. The zero-order valence-electron chi connectivity index (χ0n) is 11.4. The lowest BCUT2D eigenvalue weighted by Gasteiger charge is -2.12. The molecule has 19 heavy (non-hydrogen) atoms. The third-order valence-electron chi connectivity index (χ3n) is 2.81. The predicted molar refractivity (Wildman–Crippen MR) is 73.1 cm³/mol. The largest absolute Gasteiger partial charge is 0.497 e. The Kier molecular flexibility index (Phi) is 6.09. The van der Waals surface area contributed by atoms with Crippen LogP contribution >= 0.6 is 0 Å². The Balaban J connectivity index is 2.46. The van der Waals surface area contributed by atoms with Gasteiger partial charge in [0.1, 0.15) is 5.75 Å². The molecule has 0 aromatic heterocycles. The highest BCUT2D eigenvalue weighted by molar-refractivity contribution is 5.88. The van der Waals surface area contributed by atoms with Crippen molar-refractivity contribution in [2.24, 2.45) is 0 Å². The highest BCUT2D eigenvalue weighted by atomic mass is 16.5. The number of aryl methyl sites for hydroxylation is 1. The molecular formula is C15H20O4. The van der Waals surface area contributed by atoms with E-state index in [2.05, 4.69) is 6.58 Å². The predicted octanol–water partition coefficient (Wildman–Crippen LogP) is 2.11. The van der Waals surface area contributed by atoms with E-state index in [4.69, 9.17) is 9.47 Å². The fourth-order valence-corrected chi connectivity index (χ4v) is 1.63. The summed E-state index contributed by atoms with van der Waals surface area (Å²) >= 11 is 0.